The number of Topliss-reactive ketones (excluding diaryl/α,β-unsaturated/α-hetero) is 1. The highest BCUT2D eigenvalue weighted by Gasteiger charge is 2.45. The Kier molecular flexibility index (Phi) is 23.2. The topological polar surface area (TPSA) is 246 Å². The second kappa shape index (κ2) is 30.1. The molecular weight excluding hydrogens is 1050 g/mol. The molecule has 7 rings (SSSR count). The highest BCUT2D eigenvalue weighted by atomic mass is 19.1. The monoisotopic (exact) mass is 1140 g/mol. The van der Waals surface area contributed by atoms with Crippen molar-refractivity contribution in [1.82, 2.24) is 45.8 Å². The summed E-state index contributed by atoms with van der Waals surface area (Å²) in [7, 11) is 4.96. The van der Waals surface area contributed by atoms with Crippen LogP contribution in [0.4, 0.5) is 15.9 Å². The average Bonchev–Trinajstić information content (AvgIpc) is 4.41. The number of ether oxygens (including phenoxy) is 5. The van der Waals surface area contributed by atoms with E-state index in [1.54, 1.807) is 54.9 Å². The van der Waals surface area contributed by atoms with Gasteiger partial charge in [0.05, 0.1) is 102 Å². The summed E-state index contributed by atoms with van der Waals surface area (Å²) in [6.45, 7) is 14.2. The molecule has 5 heterocycles. The van der Waals surface area contributed by atoms with Crippen LogP contribution in [0.3, 0.4) is 0 Å². The number of carbonyl (C=O) groups is 5. The van der Waals surface area contributed by atoms with Crippen LogP contribution in [0.2, 0.25) is 0 Å². The zero-order valence-corrected chi connectivity index (χ0v) is 49.1. The number of aryl methyl sites for hydroxylation is 1. The van der Waals surface area contributed by atoms with Crippen LogP contribution in [0.25, 0.3) is 11.1 Å². The zero-order chi connectivity index (χ0) is 58.9. The molecule has 3 aliphatic heterocycles. The van der Waals surface area contributed by atoms with E-state index in [1.165, 1.54) is 12.1 Å². The predicted octanol–water partition coefficient (Wildman–Crippen LogP) is 5.37. The maximum absolute atomic E-state index is 14.7. The van der Waals surface area contributed by atoms with Gasteiger partial charge in [-0.15, -0.1) is 0 Å². The van der Waals surface area contributed by atoms with E-state index in [0.29, 0.717) is 138 Å². The van der Waals surface area contributed by atoms with Crippen molar-refractivity contribution in [3.8, 4) is 17.0 Å². The molecule has 82 heavy (non-hydrogen) atoms. The first-order valence-corrected chi connectivity index (χ1v) is 28.8. The number of nitrogen functional groups attached to an aromatic ring is 1. The number of fused-ring (bicyclic) bond motifs is 8. The van der Waals surface area contributed by atoms with Gasteiger partial charge in [0.2, 0.25) is 23.6 Å². The Morgan fingerprint density at radius 2 is 1.61 bits per heavy atom. The van der Waals surface area contributed by atoms with Crippen LogP contribution in [0.1, 0.15) is 119 Å². The first-order chi connectivity index (χ1) is 39.4. The Morgan fingerprint density at radius 1 is 0.915 bits per heavy atom. The van der Waals surface area contributed by atoms with Gasteiger partial charge >= 0.3 is 0 Å². The minimum Gasteiger partial charge on any atom is -0.481 e. The van der Waals surface area contributed by atoms with E-state index in [2.05, 4.69) is 31.2 Å². The van der Waals surface area contributed by atoms with Crippen molar-refractivity contribution in [3.05, 3.63) is 89.0 Å². The number of methoxy groups -OCH3 is 1. The van der Waals surface area contributed by atoms with Crippen molar-refractivity contribution in [3.63, 3.8) is 0 Å². The number of likely N-dealkylation sites (N-methyl/N-ethyl adjacent to an activating group) is 1. The Balaban J connectivity index is 0.782. The summed E-state index contributed by atoms with van der Waals surface area (Å²) in [6.07, 6.45) is 5.36. The third-order valence-electron chi connectivity index (χ3n) is 15.4. The van der Waals surface area contributed by atoms with E-state index in [4.69, 9.17) is 34.5 Å². The van der Waals surface area contributed by atoms with Crippen LogP contribution in [0.15, 0.2) is 60.8 Å². The van der Waals surface area contributed by atoms with Gasteiger partial charge in [0.25, 0.3) is 5.91 Å². The first kappa shape index (κ1) is 63.0. The Morgan fingerprint density at radius 3 is 2.28 bits per heavy atom. The van der Waals surface area contributed by atoms with Crippen LogP contribution in [-0.2, 0) is 51.2 Å². The smallest absolute Gasteiger partial charge is 0.254 e. The van der Waals surface area contributed by atoms with Crippen molar-refractivity contribution >= 4 is 40.9 Å². The SMILES string of the molecule is CC[C@H](NC(=O)[C@H]1C[C@@H](NCCOCCOCCOCCOCCC(=O)CCCn2nc3c(c2OC)-c2cnc(N)c(c2)N2CCC[C@@H]2c2cc(F)ccc2C(=O)N(C)C3)CN1C(=O)[C@H](NC(=O)[C@@H](C)NC)C(C)(C)C)c1ccccc1. The van der Waals surface area contributed by atoms with Crippen LogP contribution in [0, 0.1) is 11.2 Å². The molecular formula is C60H86FN11O10. The van der Waals surface area contributed by atoms with Crippen molar-refractivity contribution in [2.45, 2.75) is 129 Å². The van der Waals surface area contributed by atoms with Gasteiger partial charge < -0.3 is 65.4 Å². The number of rotatable bonds is 29. The van der Waals surface area contributed by atoms with E-state index < -0.39 is 29.4 Å². The lowest BCUT2D eigenvalue weighted by atomic mass is 9.85. The third-order valence-corrected chi connectivity index (χ3v) is 15.4. The molecule has 3 aliphatic rings. The zero-order valence-electron chi connectivity index (χ0n) is 49.1. The molecule has 2 fully saturated rings. The maximum Gasteiger partial charge on any atom is 0.254 e. The number of benzene rings is 2. The Hall–Kier alpha value is -6.56. The predicted molar refractivity (Wildman–Crippen MR) is 310 cm³/mol. The van der Waals surface area contributed by atoms with Gasteiger partial charge in [-0.05, 0) is 86.9 Å². The quantitative estimate of drug-likeness (QED) is 0.0429. The normalized spacial score (nSPS) is 18.2. The molecule has 2 aromatic heterocycles. The number of hydrogen-bond acceptors (Lipinski definition) is 16. The minimum absolute atomic E-state index is 0.0491. The fourth-order valence-electron chi connectivity index (χ4n) is 10.9. The van der Waals surface area contributed by atoms with Crippen LogP contribution in [0.5, 0.6) is 5.88 Å². The summed E-state index contributed by atoms with van der Waals surface area (Å²) in [5, 5.41) is 17.5. The number of nitrogens with zero attached hydrogens (tertiary/aromatic N) is 6. The van der Waals surface area contributed by atoms with E-state index in [9.17, 15) is 28.4 Å². The van der Waals surface area contributed by atoms with Gasteiger partial charge in [-0.25, -0.2) is 14.1 Å². The molecule has 4 amide bonds. The van der Waals surface area contributed by atoms with Crippen molar-refractivity contribution in [2.75, 3.05) is 104 Å². The lowest BCUT2D eigenvalue weighted by Gasteiger charge is -2.36. The highest BCUT2D eigenvalue weighted by molar-refractivity contribution is 5.96. The van der Waals surface area contributed by atoms with Gasteiger partial charge in [-0.3, -0.25) is 24.0 Å². The molecule has 0 unspecified atom stereocenters. The third kappa shape index (κ3) is 16.4. The van der Waals surface area contributed by atoms with Crippen LogP contribution >= 0.6 is 0 Å². The number of likely N-dealkylation sites (tertiary alicyclic amines) is 1. The first-order valence-electron chi connectivity index (χ1n) is 28.8. The van der Waals surface area contributed by atoms with Gasteiger partial charge in [-0.1, -0.05) is 58.0 Å². The van der Waals surface area contributed by atoms with E-state index in [-0.39, 0.29) is 67.1 Å². The highest BCUT2D eigenvalue weighted by Crippen LogP contribution is 2.44. The number of hydrogen-bond donors (Lipinski definition) is 5. The molecule has 6 atom stereocenters. The molecule has 6 N–H and O–H groups in total. The fraction of sp³-hybridized carbons (Fsp3) is 0.583. The minimum atomic E-state index is -0.852. The Bertz CT molecular complexity index is 2780. The van der Waals surface area contributed by atoms with Crippen LogP contribution < -0.4 is 36.6 Å². The lowest BCUT2D eigenvalue weighted by Crippen LogP contribution is -2.59. The molecule has 2 bridgehead atoms. The van der Waals surface area contributed by atoms with Gasteiger partial charge in [-0.2, -0.15) is 5.10 Å². The summed E-state index contributed by atoms with van der Waals surface area (Å²) >= 11 is 0. The second-order valence-corrected chi connectivity index (χ2v) is 22.4. The molecule has 2 saturated heterocycles. The van der Waals surface area contributed by atoms with Gasteiger partial charge in [0.1, 0.15) is 29.5 Å². The fourth-order valence-corrected chi connectivity index (χ4v) is 10.9. The Labute approximate surface area is 481 Å². The summed E-state index contributed by atoms with van der Waals surface area (Å²) in [5.74, 6) is -0.639. The summed E-state index contributed by atoms with van der Waals surface area (Å²) in [5.41, 5.74) is 10.6. The molecule has 0 radical (unpaired) electrons. The number of halogens is 1. The molecule has 2 aromatic carbocycles. The lowest BCUT2D eigenvalue weighted by molar-refractivity contribution is -0.144. The second-order valence-electron chi connectivity index (χ2n) is 22.4. The van der Waals surface area contributed by atoms with E-state index in [1.807, 2.05) is 64.1 Å². The van der Waals surface area contributed by atoms with E-state index >= 15 is 0 Å². The molecule has 448 valence electrons. The molecule has 22 heteroatoms. The average molecular weight is 1140 g/mol. The van der Waals surface area contributed by atoms with Crippen LogP contribution in [-0.4, -0.2) is 172 Å². The number of pyridine rings is 1. The summed E-state index contributed by atoms with van der Waals surface area (Å²) < 4.78 is 45.3. The van der Waals surface area contributed by atoms with Crippen molar-refractivity contribution in [1.29, 1.82) is 0 Å². The number of ketones is 1. The summed E-state index contributed by atoms with van der Waals surface area (Å²) in [4.78, 5) is 78.2. The van der Waals surface area contributed by atoms with Gasteiger partial charge in [0, 0.05) is 69.4 Å². The number of carbonyl (C=O) groups excluding carboxylic acids is 5. The molecule has 0 aliphatic carbocycles. The number of amides is 4. The number of nitrogens with two attached hydrogens (primary N) is 1. The van der Waals surface area contributed by atoms with Gasteiger partial charge in [0.15, 0.2) is 0 Å². The number of anilines is 2. The molecule has 0 spiro atoms. The summed E-state index contributed by atoms with van der Waals surface area (Å²) in [6, 6.07) is 13.3. The molecule has 4 aromatic rings. The largest absolute Gasteiger partial charge is 0.481 e. The van der Waals surface area contributed by atoms with Crippen molar-refractivity contribution in [2.24, 2.45) is 5.41 Å². The standard InChI is InChI=1S/C60H86FN11O10/c1-9-47(40-15-11-10-12-16-40)66-56(75)51-35-43(37-71(51)58(77)53(60(3,4)5)67-55(74)39(2)63-6)64-22-26-80-28-30-82-32-31-81-29-27-79-25-21-44(73)17-13-24-72-59(78-8)52-41-33-50(54(62)65-36-41)70-23-14-18-49(70)46-34-42(61)19-20-45(46)57(76)69(7)38-48(52)68-72/h10-12,15-16,19-20,33-34,36,39,43,47,49,51,53,63-64H,9,13-14,17-18,21-32,35,37-38H2,1-8H3,(H2,62,65)(H,66,75)(H,67,74)/t39-,43-,47+,49-,51-,53+/m1/s1. The maximum atomic E-state index is 14.7. The number of nitrogens with one attached hydrogen (secondary N) is 4. The van der Waals surface area contributed by atoms with E-state index in [0.717, 1.165) is 24.0 Å². The van der Waals surface area contributed by atoms with Crippen molar-refractivity contribution < 1.29 is 52.0 Å². The molecule has 21 nitrogen and oxygen atoms in total. The molecule has 0 saturated carbocycles. The number of aromatic nitrogens is 3.